The third kappa shape index (κ3) is 3.25. The van der Waals surface area contributed by atoms with Crippen molar-refractivity contribution in [2.45, 2.75) is 19.6 Å². The Bertz CT molecular complexity index is 692. The molecule has 2 aromatic rings. The normalized spacial score (nSPS) is 17.3. The van der Waals surface area contributed by atoms with Crippen molar-refractivity contribution >= 4 is 11.7 Å². The first-order valence-corrected chi connectivity index (χ1v) is 7.02. The van der Waals surface area contributed by atoms with E-state index < -0.39 is 5.72 Å². The molecule has 2 aromatic carbocycles. The van der Waals surface area contributed by atoms with Gasteiger partial charge in [0.05, 0.1) is 0 Å². The van der Waals surface area contributed by atoms with Crippen LogP contribution >= 0.6 is 0 Å². The molecule has 0 amide bonds. The molecule has 1 heterocycles. The molecule has 110 valence electrons. The van der Waals surface area contributed by atoms with Crippen molar-refractivity contribution in [1.82, 2.24) is 0 Å². The highest BCUT2D eigenvalue weighted by Gasteiger charge is 2.27. The zero-order valence-electron chi connectivity index (χ0n) is 12.5. The molecule has 0 unspecified atom stereocenters. The van der Waals surface area contributed by atoms with Crippen molar-refractivity contribution in [3.8, 4) is 0 Å². The SMILES string of the molecule is CC1(C)N=N/C(=N\N=C(c2ccccc2)c2ccccc2)O1. The van der Waals surface area contributed by atoms with Crippen molar-refractivity contribution in [2.24, 2.45) is 20.4 Å². The van der Waals surface area contributed by atoms with E-state index in [0.717, 1.165) is 16.8 Å². The summed E-state index contributed by atoms with van der Waals surface area (Å²) in [6.45, 7) is 3.63. The van der Waals surface area contributed by atoms with Gasteiger partial charge in [0.2, 0.25) is 5.72 Å². The monoisotopic (exact) mass is 292 g/mol. The van der Waals surface area contributed by atoms with E-state index in [0.29, 0.717) is 0 Å². The van der Waals surface area contributed by atoms with Gasteiger partial charge in [-0.2, -0.15) is 0 Å². The lowest BCUT2D eigenvalue weighted by Gasteiger charge is -2.10. The van der Waals surface area contributed by atoms with Crippen LogP contribution in [-0.4, -0.2) is 17.5 Å². The Kier molecular flexibility index (Phi) is 3.78. The predicted octanol–water partition coefficient (Wildman–Crippen LogP) is 4.01. The molecule has 0 bridgehead atoms. The van der Waals surface area contributed by atoms with Crippen LogP contribution in [0.25, 0.3) is 0 Å². The number of benzene rings is 2. The van der Waals surface area contributed by atoms with Crippen LogP contribution in [0.15, 0.2) is 81.1 Å². The van der Waals surface area contributed by atoms with E-state index in [2.05, 4.69) is 20.4 Å². The fourth-order valence-corrected chi connectivity index (χ4v) is 2.03. The smallest absolute Gasteiger partial charge is 0.356 e. The largest absolute Gasteiger partial charge is 0.432 e. The first-order chi connectivity index (χ1) is 10.6. The van der Waals surface area contributed by atoms with Gasteiger partial charge in [0.15, 0.2) is 0 Å². The van der Waals surface area contributed by atoms with Gasteiger partial charge in [-0.3, -0.25) is 0 Å². The van der Waals surface area contributed by atoms with Gasteiger partial charge in [0.25, 0.3) is 0 Å². The molecule has 0 saturated carbocycles. The van der Waals surface area contributed by atoms with E-state index >= 15 is 0 Å². The van der Waals surface area contributed by atoms with Crippen LogP contribution in [0.5, 0.6) is 0 Å². The van der Waals surface area contributed by atoms with Crippen LogP contribution in [-0.2, 0) is 4.74 Å². The number of hydrogen-bond donors (Lipinski definition) is 0. The minimum atomic E-state index is -0.673. The lowest BCUT2D eigenvalue weighted by atomic mass is 10.0. The van der Waals surface area contributed by atoms with Crippen LogP contribution in [0.4, 0.5) is 0 Å². The van der Waals surface area contributed by atoms with Gasteiger partial charge in [-0.15, -0.1) is 10.2 Å². The predicted molar refractivity (Wildman–Crippen MR) is 86.0 cm³/mol. The summed E-state index contributed by atoms with van der Waals surface area (Å²) in [4.78, 5) is 0. The Morgan fingerprint density at radius 2 is 1.45 bits per heavy atom. The third-order valence-corrected chi connectivity index (χ3v) is 3.05. The second-order valence-corrected chi connectivity index (χ2v) is 5.31. The Hall–Kier alpha value is -2.82. The van der Waals surface area contributed by atoms with Gasteiger partial charge >= 0.3 is 6.02 Å². The Labute approximate surface area is 129 Å². The molecule has 0 fully saturated rings. The van der Waals surface area contributed by atoms with Crippen molar-refractivity contribution in [2.75, 3.05) is 0 Å². The van der Waals surface area contributed by atoms with Crippen LogP contribution < -0.4 is 0 Å². The molecule has 0 spiro atoms. The summed E-state index contributed by atoms with van der Waals surface area (Å²) in [7, 11) is 0. The molecular weight excluding hydrogens is 276 g/mol. The van der Waals surface area contributed by atoms with Gasteiger partial charge < -0.3 is 4.74 Å². The van der Waals surface area contributed by atoms with Gasteiger partial charge in [-0.1, -0.05) is 70.9 Å². The van der Waals surface area contributed by atoms with Crippen molar-refractivity contribution in [3.05, 3.63) is 71.8 Å². The molecule has 5 nitrogen and oxygen atoms in total. The van der Waals surface area contributed by atoms with Crippen molar-refractivity contribution in [3.63, 3.8) is 0 Å². The zero-order valence-corrected chi connectivity index (χ0v) is 12.5. The molecule has 22 heavy (non-hydrogen) atoms. The molecule has 0 aromatic heterocycles. The molecule has 0 aliphatic carbocycles. The highest BCUT2D eigenvalue weighted by molar-refractivity contribution is 6.12. The fourth-order valence-electron chi connectivity index (χ4n) is 2.03. The zero-order chi connectivity index (χ0) is 15.4. The average Bonchev–Trinajstić information content (AvgIpc) is 2.89. The lowest BCUT2D eigenvalue weighted by molar-refractivity contribution is 0.122. The van der Waals surface area contributed by atoms with E-state index in [4.69, 9.17) is 4.74 Å². The van der Waals surface area contributed by atoms with Crippen LogP contribution in [0, 0.1) is 0 Å². The molecule has 0 N–H and O–H groups in total. The molecule has 0 saturated heterocycles. The minimum absolute atomic E-state index is 0.175. The number of hydrogen-bond acceptors (Lipinski definition) is 4. The van der Waals surface area contributed by atoms with Crippen molar-refractivity contribution < 1.29 is 4.74 Å². The van der Waals surface area contributed by atoms with E-state index in [1.54, 1.807) is 0 Å². The quantitative estimate of drug-likeness (QED) is 0.622. The van der Waals surface area contributed by atoms with Crippen LogP contribution in [0.3, 0.4) is 0 Å². The lowest BCUT2D eigenvalue weighted by Crippen LogP contribution is -2.17. The summed E-state index contributed by atoms with van der Waals surface area (Å²) >= 11 is 0. The number of amidine groups is 1. The van der Waals surface area contributed by atoms with Crippen LogP contribution in [0.1, 0.15) is 25.0 Å². The first kappa shape index (κ1) is 14.1. The summed E-state index contributed by atoms with van der Waals surface area (Å²) in [5.41, 5.74) is 2.05. The maximum atomic E-state index is 5.48. The second kappa shape index (κ2) is 5.89. The molecular formula is C17H16N4O. The number of rotatable bonds is 3. The molecule has 3 rings (SSSR count). The summed E-state index contributed by atoms with van der Waals surface area (Å²) in [6, 6.07) is 20.0. The Morgan fingerprint density at radius 1 is 0.909 bits per heavy atom. The van der Waals surface area contributed by atoms with E-state index in [9.17, 15) is 0 Å². The standard InChI is InChI=1S/C17H16N4O/c1-17(2)21-20-16(22-17)19-18-15(13-9-5-3-6-10-13)14-11-7-4-8-12-14/h3-12H,1-2H3/b19-16+. The third-order valence-electron chi connectivity index (χ3n) is 3.05. The molecule has 0 atom stereocenters. The highest BCUT2D eigenvalue weighted by atomic mass is 16.5. The van der Waals surface area contributed by atoms with E-state index in [-0.39, 0.29) is 6.02 Å². The second-order valence-electron chi connectivity index (χ2n) is 5.31. The number of ether oxygens (including phenoxy) is 1. The van der Waals surface area contributed by atoms with E-state index in [1.165, 1.54) is 0 Å². The summed E-state index contributed by atoms with van der Waals surface area (Å²) in [6.07, 6.45) is 0. The van der Waals surface area contributed by atoms with Crippen molar-refractivity contribution in [1.29, 1.82) is 0 Å². The fraction of sp³-hybridized carbons (Fsp3) is 0.176. The van der Waals surface area contributed by atoms with Gasteiger partial charge in [0, 0.05) is 11.1 Å². The summed E-state index contributed by atoms with van der Waals surface area (Å²) in [5.74, 6) is 0. The maximum absolute atomic E-state index is 5.48. The molecule has 1 aliphatic heterocycles. The highest BCUT2D eigenvalue weighted by Crippen LogP contribution is 2.19. The number of nitrogens with zero attached hydrogens (tertiary/aromatic N) is 4. The average molecular weight is 292 g/mol. The van der Waals surface area contributed by atoms with E-state index in [1.807, 2.05) is 74.5 Å². The maximum Gasteiger partial charge on any atom is 0.356 e. The molecule has 5 heteroatoms. The Balaban J connectivity index is 1.98. The topological polar surface area (TPSA) is 58.7 Å². The Morgan fingerprint density at radius 3 is 1.91 bits per heavy atom. The summed E-state index contributed by atoms with van der Waals surface area (Å²) in [5, 5.41) is 16.3. The van der Waals surface area contributed by atoms with Gasteiger partial charge in [-0.25, -0.2) is 0 Å². The van der Waals surface area contributed by atoms with Crippen LogP contribution in [0.2, 0.25) is 0 Å². The molecule has 0 radical (unpaired) electrons. The minimum Gasteiger partial charge on any atom is -0.432 e. The van der Waals surface area contributed by atoms with Gasteiger partial charge in [-0.05, 0) is 13.8 Å². The first-order valence-electron chi connectivity index (χ1n) is 7.02. The number of azo groups is 1. The molecule has 1 aliphatic rings. The summed E-state index contributed by atoms with van der Waals surface area (Å²) < 4.78 is 5.48. The van der Waals surface area contributed by atoms with Gasteiger partial charge in [0.1, 0.15) is 5.71 Å².